The number of sulfonamides is 1. The fraction of sp³-hybridized carbons (Fsp3) is 0.167. The third kappa shape index (κ3) is 6.07. The molecule has 0 bridgehead atoms. The van der Waals surface area contributed by atoms with Crippen molar-refractivity contribution in [1.82, 2.24) is 10.0 Å². The fourth-order valence-corrected chi connectivity index (χ4v) is 3.80. The molecule has 0 heterocycles. The number of nitrogens with one attached hydrogen (secondary N) is 2. The second-order valence-electron chi connectivity index (χ2n) is 5.11. The first-order valence-corrected chi connectivity index (χ1v) is 10.5. The summed E-state index contributed by atoms with van der Waals surface area (Å²) in [7, 11) is -3.66. The van der Waals surface area contributed by atoms with Gasteiger partial charge in [0.2, 0.25) is 10.0 Å². The molecule has 8 heteroatoms. The van der Waals surface area contributed by atoms with Crippen LogP contribution in [0.25, 0.3) is 0 Å². The average Bonchev–Trinajstić information content (AvgIpc) is 2.65. The third-order valence-corrected chi connectivity index (χ3v) is 5.94. The lowest BCUT2D eigenvalue weighted by atomic mass is 10.2. The molecule has 0 saturated carbocycles. The molecule has 5 nitrogen and oxygen atoms in total. The van der Waals surface area contributed by atoms with Gasteiger partial charge in [0, 0.05) is 27.8 Å². The Bertz CT molecular complexity index is 890. The molecule has 0 aliphatic heterocycles. The summed E-state index contributed by atoms with van der Waals surface area (Å²) in [5, 5.41) is 3.48. The van der Waals surface area contributed by atoms with Crippen LogP contribution in [0, 0.1) is 12.3 Å². The van der Waals surface area contributed by atoms with Gasteiger partial charge in [-0.05, 0) is 48.5 Å². The van der Waals surface area contributed by atoms with Crippen molar-refractivity contribution in [3.63, 3.8) is 0 Å². The van der Waals surface area contributed by atoms with E-state index in [0.29, 0.717) is 22.9 Å². The van der Waals surface area contributed by atoms with Crippen LogP contribution in [0.3, 0.4) is 0 Å². The second kappa shape index (κ2) is 9.64. The molecule has 0 aliphatic carbocycles. The lowest BCUT2D eigenvalue weighted by Crippen LogP contribution is -2.26. The molecule has 0 aromatic heterocycles. The summed E-state index contributed by atoms with van der Waals surface area (Å²) in [6, 6.07) is 13.1. The van der Waals surface area contributed by atoms with Crippen molar-refractivity contribution in [1.29, 1.82) is 0 Å². The highest BCUT2D eigenvalue weighted by Gasteiger charge is 2.13. The highest BCUT2D eigenvalue weighted by Crippen LogP contribution is 2.19. The first-order valence-electron chi connectivity index (χ1n) is 7.62. The number of halogens is 1. The zero-order chi connectivity index (χ0) is 19.0. The van der Waals surface area contributed by atoms with Gasteiger partial charge in [0.1, 0.15) is 0 Å². The van der Waals surface area contributed by atoms with Crippen LogP contribution in [0.2, 0.25) is 5.02 Å². The maximum absolute atomic E-state index is 12.1. The van der Waals surface area contributed by atoms with Crippen LogP contribution >= 0.6 is 23.4 Å². The van der Waals surface area contributed by atoms with Crippen molar-refractivity contribution in [3.8, 4) is 12.3 Å². The predicted octanol–water partition coefficient (Wildman–Crippen LogP) is 2.77. The van der Waals surface area contributed by atoms with Crippen LogP contribution in [-0.2, 0) is 10.0 Å². The lowest BCUT2D eigenvalue weighted by Gasteiger charge is -2.07. The average molecular weight is 409 g/mol. The minimum absolute atomic E-state index is 0.0580. The maximum atomic E-state index is 12.1. The molecular weight excluding hydrogens is 392 g/mol. The Hall–Kier alpha value is -1.98. The maximum Gasteiger partial charge on any atom is 0.251 e. The summed E-state index contributed by atoms with van der Waals surface area (Å²) < 4.78 is 26.1. The zero-order valence-corrected chi connectivity index (χ0v) is 16.1. The van der Waals surface area contributed by atoms with Gasteiger partial charge < -0.3 is 5.32 Å². The standard InChI is InChI=1S/C18H17ClN2O3S2/c1-2-11-21-26(23,24)17-9-3-14(4-10-17)18(22)20-12-13-25-16-7-5-15(19)6-8-16/h1,3-10,21H,11-13H2,(H,20,22). The van der Waals surface area contributed by atoms with E-state index < -0.39 is 10.0 Å². The molecule has 136 valence electrons. The first kappa shape index (κ1) is 20.3. The minimum Gasteiger partial charge on any atom is -0.351 e. The van der Waals surface area contributed by atoms with Crippen molar-refractivity contribution >= 4 is 39.3 Å². The summed E-state index contributed by atoms with van der Waals surface area (Å²) in [4.78, 5) is 13.2. The van der Waals surface area contributed by atoms with Crippen molar-refractivity contribution in [3.05, 3.63) is 59.1 Å². The van der Waals surface area contributed by atoms with Gasteiger partial charge in [0.25, 0.3) is 5.91 Å². The topological polar surface area (TPSA) is 75.3 Å². The van der Waals surface area contributed by atoms with Gasteiger partial charge >= 0.3 is 0 Å². The quantitative estimate of drug-likeness (QED) is 0.400. The van der Waals surface area contributed by atoms with Gasteiger partial charge in [-0.1, -0.05) is 17.5 Å². The van der Waals surface area contributed by atoms with E-state index in [1.54, 1.807) is 11.8 Å². The largest absolute Gasteiger partial charge is 0.351 e. The molecule has 0 radical (unpaired) electrons. The van der Waals surface area contributed by atoms with Crippen LogP contribution in [0.1, 0.15) is 10.4 Å². The number of hydrogen-bond acceptors (Lipinski definition) is 4. The molecule has 2 rings (SSSR count). The normalized spacial score (nSPS) is 10.9. The van der Waals surface area contributed by atoms with Gasteiger partial charge in [-0.2, -0.15) is 4.72 Å². The Morgan fingerprint density at radius 1 is 1.12 bits per heavy atom. The highest BCUT2D eigenvalue weighted by molar-refractivity contribution is 7.99. The van der Waals surface area contributed by atoms with E-state index in [4.69, 9.17) is 18.0 Å². The SMILES string of the molecule is C#CCNS(=O)(=O)c1ccc(C(=O)NCCSc2ccc(Cl)cc2)cc1. The number of rotatable bonds is 8. The van der Waals surface area contributed by atoms with Crippen LogP contribution in [0.4, 0.5) is 0 Å². The van der Waals surface area contributed by atoms with E-state index in [1.165, 1.54) is 24.3 Å². The Morgan fingerprint density at radius 3 is 2.38 bits per heavy atom. The molecule has 0 saturated heterocycles. The van der Waals surface area contributed by atoms with E-state index in [9.17, 15) is 13.2 Å². The number of amides is 1. The summed E-state index contributed by atoms with van der Waals surface area (Å²) >= 11 is 7.43. The van der Waals surface area contributed by atoms with Crippen LogP contribution in [0.5, 0.6) is 0 Å². The van der Waals surface area contributed by atoms with Crippen molar-refractivity contribution < 1.29 is 13.2 Å². The third-order valence-electron chi connectivity index (χ3n) is 3.26. The highest BCUT2D eigenvalue weighted by atomic mass is 35.5. The minimum atomic E-state index is -3.66. The van der Waals surface area contributed by atoms with Gasteiger partial charge in [-0.25, -0.2) is 8.42 Å². The molecular formula is C18H17ClN2O3S2. The van der Waals surface area contributed by atoms with Crippen LogP contribution in [0.15, 0.2) is 58.3 Å². The summed E-state index contributed by atoms with van der Waals surface area (Å²) in [5.41, 5.74) is 0.386. The Morgan fingerprint density at radius 2 is 1.77 bits per heavy atom. The molecule has 2 N–H and O–H groups in total. The number of hydrogen-bond donors (Lipinski definition) is 2. The van der Waals surface area contributed by atoms with Crippen molar-refractivity contribution in [2.24, 2.45) is 0 Å². The number of thioether (sulfide) groups is 1. The monoisotopic (exact) mass is 408 g/mol. The fourth-order valence-electron chi connectivity index (χ4n) is 1.97. The van der Waals surface area contributed by atoms with E-state index in [-0.39, 0.29) is 17.3 Å². The molecule has 2 aromatic carbocycles. The molecule has 0 unspecified atom stereocenters. The van der Waals surface area contributed by atoms with Gasteiger partial charge in [0.15, 0.2) is 0 Å². The molecule has 0 spiro atoms. The van der Waals surface area contributed by atoms with Crippen molar-refractivity contribution in [2.75, 3.05) is 18.8 Å². The summed E-state index contributed by atoms with van der Waals surface area (Å²) in [5.74, 6) is 2.65. The van der Waals surface area contributed by atoms with E-state index >= 15 is 0 Å². The van der Waals surface area contributed by atoms with Gasteiger partial charge in [0.05, 0.1) is 11.4 Å². The van der Waals surface area contributed by atoms with E-state index in [0.717, 1.165) is 4.90 Å². The van der Waals surface area contributed by atoms with E-state index in [2.05, 4.69) is 16.0 Å². The predicted molar refractivity (Wildman–Crippen MR) is 105 cm³/mol. The molecule has 0 fully saturated rings. The Kier molecular flexibility index (Phi) is 7.54. The molecule has 2 aromatic rings. The first-order chi connectivity index (χ1) is 12.4. The summed E-state index contributed by atoms with van der Waals surface area (Å²) in [6.07, 6.45) is 5.04. The molecule has 26 heavy (non-hydrogen) atoms. The zero-order valence-electron chi connectivity index (χ0n) is 13.7. The lowest BCUT2D eigenvalue weighted by molar-refractivity contribution is 0.0956. The Labute approximate surface area is 162 Å². The number of carbonyl (C=O) groups excluding carboxylic acids is 1. The second-order valence-corrected chi connectivity index (χ2v) is 8.48. The summed E-state index contributed by atoms with van der Waals surface area (Å²) in [6.45, 7) is 0.395. The smallest absolute Gasteiger partial charge is 0.251 e. The number of benzene rings is 2. The number of carbonyl (C=O) groups is 1. The van der Waals surface area contributed by atoms with E-state index in [1.807, 2.05) is 24.3 Å². The van der Waals surface area contributed by atoms with Gasteiger partial charge in [-0.15, -0.1) is 18.2 Å². The van der Waals surface area contributed by atoms with Crippen LogP contribution in [-0.4, -0.2) is 33.2 Å². The van der Waals surface area contributed by atoms with Gasteiger partial charge in [-0.3, -0.25) is 4.79 Å². The number of terminal acetylenes is 1. The molecule has 0 aliphatic rings. The molecule has 1 amide bonds. The Balaban J connectivity index is 1.84. The van der Waals surface area contributed by atoms with Crippen LogP contribution < -0.4 is 10.0 Å². The molecule has 0 atom stereocenters. The van der Waals surface area contributed by atoms with Crippen molar-refractivity contribution in [2.45, 2.75) is 9.79 Å².